The zero-order chi connectivity index (χ0) is 41.0. The summed E-state index contributed by atoms with van der Waals surface area (Å²) in [5, 5.41) is 9.78. The summed E-state index contributed by atoms with van der Waals surface area (Å²) in [6.45, 7) is 0. The second kappa shape index (κ2) is 14.8. The van der Waals surface area contributed by atoms with Gasteiger partial charge in [0.25, 0.3) is 0 Å². The van der Waals surface area contributed by atoms with Crippen molar-refractivity contribution >= 4 is 71.3 Å². The lowest BCUT2D eigenvalue weighted by Crippen LogP contribution is -2.11. The summed E-state index contributed by atoms with van der Waals surface area (Å²) in [4.78, 5) is 2.40. The molecule has 0 aliphatic carbocycles. The van der Waals surface area contributed by atoms with Crippen molar-refractivity contribution in [2.75, 3.05) is 4.90 Å². The van der Waals surface area contributed by atoms with Crippen molar-refractivity contribution in [1.29, 1.82) is 0 Å². The molecule has 1 aromatic heterocycles. The first kappa shape index (κ1) is 35.7. The lowest BCUT2D eigenvalue weighted by atomic mass is 9.93. The minimum absolute atomic E-state index is 0.898. The quantitative estimate of drug-likeness (QED) is 0.150. The van der Waals surface area contributed by atoms with Crippen molar-refractivity contribution in [3.8, 4) is 44.5 Å². The SMILES string of the molecule is c1ccc(N(c2ccc(-c3ccc(-c4cccc5ccccc45)cc3)cc2)c2ccc(-c3cccc4oc5ccccc5c34)cc2)c(-c2cccc3c2ccc2ccccc23)c1. The summed E-state index contributed by atoms with van der Waals surface area (Å²) in [6, 6.07) is 85.5. The van der Waals surface area contributed by atoms with Crippen molar-refractivity contribution in [3.05, 3.63) is 237 Å². The number of nitrogens with zero attached hydrogens (tertiary/aromatic N) is 1. The maximum atomic E-state index is 6.28. The Balaban J connectivity index is 0.973. The minimum Gasteiger partial charge on any atom is -0.456 e. The molecule has 12 aromatic rings. The third-order valence-electron chi connectivity index (χ3n) is 12.5. The standard InChI is InChI=1S/C60H39NO/c1-3-15-48-42(12-1)14-9-19-49(48)44-28-26-40(27-29-44)41-30-35-46(36-31-41)61(47-37-32-45(33-38-47)51-20-11-25-59-60(51)56-18-6-8-24-58(56)62-59)57-23-7-5-17-55(57)53-22-10-21-52-50-16-4-2-13-43(50)34-39-54(52)53/h1-39H. The molecule has 0 aliphatic rings. The van der Waals surface area contributed by atoms with E-state index in [-0.39, 0.29) is 0 Å². The first-order chi connectivity index (χ1) is 30.7. The van der Waals surface area contributed by atoms with Crippen molar-refractivity contribution in [2.45, 2.75) is 0 Å². The zero-order valence-corrected chi connectivity index (χ0v) is 33.9. The Bertz CT molecular complexity index is 3610. The van der Waals surface area contributed by atoms with Crippen molar-refractivity contribution in [2.24, 2.45) is 0 Å². The van der Waals surface area contributed by atoms with Crippen LogP contribution in [0.1, 0.15) is 0 Å². The largest absolute Gasteiger partial charge is 0.456 e. The predicted molar refractivity (Wildman–Crippen MR) is 263 cm³/mol. The molecule has 12 rings (SSSR count). The molecular formula is C60H39NO. The van der Waals surface area contributed by atoms with E-state index in [0.717, 1.165) is 50.1 Å². The molecule has 0 spiro atoms. The summed E-state index contributed by atoms with van der Waals surface area (Å²) in [5.74, 6) is 0. The van der Waals surface area contributed by atoms with Crippen LogP contribution in [0.25, 0.3) is 98.8 Å². The average molecular weight is 790 g/mol. The van der Waals surface area contributed by atoms with Gasteiger partial charge in [0.1, 0.15) is 11.2 Å². The van der Waals surface area contributed by atoms with Gasteiger partial charge in [-0.25, -0.2) is 0 Å². The molecule has 290 valence electrons. The van der Waals surface area contributed by atoms with Crippen LogP contribution in [-0.4, -0.2) is 0 Å². The molecule has 0 unspecified atom stereocenters. The van der Waals surface area contributed by atoms with Crippen LogP contribution in [0.5, 0.6) is 0 Å². The topological polar surface area (TPSA) is 16.4 Å². The molecule has 0 N–H and O–H groups in total. The van der Waals surface area contributed by atoms with Gasteiger partial charge in [-0.2, -0.15) is 0 Å². The highest BCUT2D eigenvalue weighted by atomic mass is 16.3. The monoisotopic (exact) mass is 789 g/mol. The van der Waals surface area contributed by atoms with Crippen molar-refractivity contribution in [1.82, 2.24) is 0 Å². The van der Waals surface area contributed by atoms with Gasteiger partial charge in [-0.05, 0) is 114 Å². The molecule has 0 aliphatic heterocycles. The van der Waals surface area contributed by atoms with Crippen molar-refractivity contribution in [3.63, 3.8) is 0 Å². The number of hydrogen-bond acceptors (Lipinski definition) is 2. The maximum Gasteiger partial charge on any atom is 0.136 e. The van der Waals surface area contributed by atoms with E-state index < -0.39 is 0 Å². The van der Waals surface area contributed by atoms with E-state index in [2.05, 4.69) is 229 Å². The molecule has 0 saturated carbocycles. The Labute approximate surface area is 360 Å². The zero-order valence-electron chi connectivity index (χ0n) is 33.9. The molecule has 0 fully saturated rings. The molecule has 11 aromatic carbocycles. The highest BCUT2D eigenvalue weighted by Crippen LogP contribution is 2.45. The normalized spacial score (nSPS) is 11.5. The van der Waals surface area contributed by atoms with Crippen LogP contribution in [0, 0.1) is 0 Å². The van der Waals surface area contributed by atoms with Gasteiger partial charge >= 0.3 is 0 Å². The van der Waals surface area contributed by atoms with Crippen molar-refractivity contribution < 1.29 is 4.42 Å². The van der Waals surface area contributed by atoms with Crippen LogP contribution in [0.2, 0.25) is 0 Å². The number of furan rings is 1. The molecule has 1 heterocycles. The van der Waals surface area contributed by atoms with Crippen LogP contribution in [0.4, 0.5) is 17.1 Å². The van der Waals surface area contributed by atoms with Crippen LogP contribution >= 0.6 is 0 Å². The van der Waals surface area contributed by atoms with E-state index in [1.807, 2.05) is 12.1 Å². The number of anilines is 3. The van der Waals surface area contributed by atoms with E-state index in [9.17, 15) is 0 Å². The number of rotatable bonds is 7. The maximum absolute atomic E-state index is 6.28. The van der Waals surface area contributed by atoms with Gasteiger partial charge in [0.15, 0.2) is 0 Å². The van der Waals surface area contributed by atoms with Crippen LogP contribution in [0.3, 0.4) is 0 Å². The van der Waals surface area contributed by atoms with Crippen LogP contribution in [0.15, 0.2) is 241 Å². The molecule has 0 saturated heterocycles. The highest BCUT2D eigenvalue weighted by Gasteiger charge is 2.20. The van der Waals surface area contributed by atoms with Gasteiger partial charge in [-0.1, -0.05) is 194 Å². The average Bonchev–Trinajstić information content (AvgIpc) is 3.74. The van der Waals surface area contributed by atoms with E-state index in [1.54, 1.807) is 0 Å². The number of benzene rings is 11. The number of hydrogen-bond donors (Lipinski definition) is 0. The molecule has 2 heteroatoms. The smallest absolute Gasteiger partial charge is 0.136 e. The summed E-state index contributed by atoms with van der Waals surface area (Å²) in [5.41, 5.74) is 14.5. The fraction of sp³-hybridized carbons (Fsp3) is 0. The van der Waals surface area contributed by atoms with Crippen LogP contribution in [-0.2, 0) is 0 Å². The number of para-hydroxylation sites is 2. The minimum atomic E-state index is 0.898. The Morgan fingerprint density at radius 2 is 0.742 bits per heavy atom. The predicted octanol–water partition coefficient (Wildman–Crippen LogP) is 17.2. The van der Waals surface area contributed by atoms with Gasteiger partial charge in [-0.15, -0.1) is 0 Å². The third-order valence-corrected chi connectivity index (χ3v) is 12.5. The van der Waals surface area contributed by atoms with Gasteiger partial charge in [0.05, 0.1) is 5.69 Å². The summed E-state index contributed by atoms with van der Waals surface area (Å²) < 4.78 is 6.28. The fourth-order valence-corrected chi connectivity index (χ4v) is 9.53. The van der Waals surface area contributed by atoms with Crippen LogP contribution < -0.4 is 4.90 Å². The molecule has 0 atom stereocenters. The molecule has 0 bridgehead atoms. The van der Waals surface area contributed by atoms with E-state index in [0.29, 0.717) is 0 Å². The Kier molecular flexibility index (Phi) is 8.53. The Morgan fingerprint density at radius 3 is 1.53 bits per heavy atom. The van der Waals surface area contributed by atoms with Gasteiger partial charge in [0.2, 0.25) is 0 Å². The van der Waals surface area contributed by atoms with Gasteiger partial charge in [-0.3, -0.25) is 0 Å². The summed E-state index contributed by atoms with van der Waals surface area (Å²) in [7, 11) is 0. The summed E-state index contributed by atoms with van der Waals surface area (Å²) in [6.07, 6.45) is 0. The molecular weight excluding hydrogens is 751 g/mol. The lowest BCUT2D eigenvalue weighted by Gasteiger charge is -2.28. The first-order valence-corrected chi connectivity index (χ1v) is 21.2. The van der Waals surface area contributed by atoms with Gasteiger partial charge in [0, 0.05) is 27.7 Å². The molecule has 0 amide bonds. The molecule has 0 radical (unpaired) electrons. The highest BCUT2D eigenvalue weighted by molar-refractivity contribution is 6.14. The number of fused-ring (bicyclic) bond motifs is 7. The Hall–Kier alpha value is -8.20. The van der Waals surface area contributed by atoms with E-state index in [4.69, 9.17) is 4.42 Å². The fourth-order valence-electron chi connectivity index (χ4n) is 9.53. The Morgan fingerprint density at radius 1 is 0.258 bits per heavy atom. The van der Waals surface area contributed by atoms with E-state index in [1.165, 1.54) is 65.7 Å². The molecule has 62 heavy (non-hydrogen) atoms. The van der Waals surface area contributed by atoms with E-state index >= 15 is 0 Å². The third kappa shape index (κ3) is 6.04. The summed E-state index contributed by atoms with van der Waals surface area (Å²) >= 11 is 0. The first-order valence-electron chi connectivity index (χ1n) is 21.2. The lowest BCUT2D eigenvalue weighted by molar-refractivity contribution is 0.669. The second-order valence-electron chi connectivity index (χ2n) is 16.0. The molecule has 2 nitrogen and oxygen atoms in total. The van der Waals surface area contributed by atoms with Gasteiger partial charge < -0.3 is 9.32 Å². The second-order valence-corrected chi connectivity index (χ2v) is 16.0.